The van der Waals surface area contributed by atoms with Crippen LogP contribution in [-0.4, -0.2) is 9.97 Å². The van der Waals surface area contributed by atoms with E-state index >= 15 is 0 Å². The van der Waals surface area contributed by atoms with Gasteiger partial charge in [-0.1, -0.05) is 41.9 Å². The first-order valence-corrected chi connectivity index (χ1v) is 7.54. The molecule has 0 fully saturated rings. The van der Waals surface area contributed by atoms with Crippen LogP contribution in [0, 0.1) is 0 Å². The van der Waals surface area contributed by atoms with Crippen LogP contribution in [0.5, 0.6) is 0 Å². The highest BCUT2D eigenvalue weighted by Crippen LogP contribution is 2.24. The van der Waals surface area contributed by atoms with Gasteiger partial charge in [-0.2, -0.15) is 0 Å². The number of benzene rings is 1. The van der Waals surface area contributed by atoms with Crippen LogP contribution < -0.4 is 5.32 Å². The van der Waals surface area contributed by atoms with Crippen LogP contribution in [0.2, 0.25) is 0 Å². The fourth-order valence-electron chi connectivity index (χ4n) is 2.25. The van der Waals surface area contributed by atoms with E-state index in [0.717, 1.165) is 23.1 Å². The molecule has 0 bridgehead atoms. The van der Waals surface area contributed by atoms with Crippen LogP contribution in [0.1, 0.15) is 50.2 Å². The predicted molar refractivity (Wildman–Crippen MR) is 81.9 cm³/mol. The SMILES string of the molecule is CCC(NC(CC)c1ncc[nH]1)c1ccc(Br)cc1. The fraction of sp³-hybridized carbons (Fsp3) is 0.400. The maximum absolute atomic E-state index is 4.36. The lowest BCUT2D eigenvalue weighted by Gasteiger charge is -2.23. The molecule has 3 nitrogen and oxygen atoms in total. The van der Waals surface area contributed by atoms with Crippen LogP contribution >= 0.6 is 15.9 Å². The summed E-state index contributed by atoms with van der Waals surface area (Å²) in [5.41, 5.74) is 1.32. The minimum absolute atomic E-state index is 0.267. The second-order valence-corrected chi connectivity index (χ2v) is 5.53. The summed E-state index contributed by atoms with van der Waals surface area (Å²) in [6, 6.07) is 9.13. The van der Waals surface area contributed by atoms with Crippen molar-refractivity contribution < 1.29 is 0 Å². The molecule has 2 atom stereocenters. The summed E-state index contributed by atoms with van der Waals surface area (Å²) in [7, 11) is 0. The summed E-state index contributed by atoms with van der Waals surface area (Å²) in [5.74, 6) is 1.01. The predicted octanol–water partition coefficient (Wildman–Crippen LogP) is 4.36. The number of aromatic amines is 1. The van der Waals surface area contributed by atoms with E-state index in [1.807, 2.05) is 6.20 Å². The van der Waals surface area contributed by atoms with E-state index in [0.29, 0.717) is 6.04 Å². The van der Waals surface area contributed by atoms with E-state index < -0.39 is 0 Å². The molecule has 0 aliphatic rings. The lowest BCUT2D eigenvalue weighted by molar-refractivity contribution is 0.413. The molecule has 2 N–H and O–H groups in total. The van der Waals surface area contributed by atoms with Crippen molar-refractivity contribution in [1.29, 1.82) is 0 Å². The average Bonchev–Trinajstić information content (AvgIpc) is 2.95. The minimum atomic E-state index is 0.267. The first kappa shape index (κ1) is 14.3. The smallest absolute Gasteiger partial charge is 0.123 e. The van der Waals surface area contributed by atoms with E-state index in [1.54, 1.807) is 6.20 Å². The van der Waals surface area contributed by atoms with E-state index in [-0.39, 0.29) is 6.04 Å². The second kappa shape index (κ2) is 6.87. The zero-order chi connectivity index (χ0) is 13.7. The summed E-state index contributed by atoms with van der Waals surface area (Å²) in [6.07, 6.45) is 5.75. The fourth-order valence-corrected chi connectivity index (χ4v) is 2.51. The third-order valence-corrected chi connectivity index (χ3v) is 3.87. The summed E-state index contributed by atoms with van der Waals surface area (Å²) in [5, 5.41) is 3.68. The number of hydrogen-bond donors (Lipinski definition) is 2. The summed E-state index contributed by atoms with van der Waals surface area (Å²) < 4.78 is 1.11. The Bertz CT molecular complexity index is 479. The van der Waals surface area contributed by atoms with Gasteiger partial charge < -0.3 is 10.3 Å². The number of nitrogens with one attached hydrogen (secondary N) is 2. The van der Waals surface area contributed by atoms with Gasteiger partial charge in [-0.05, 0) is 30.5 Å². The van der Waals surface area contributed by atoms with Crippen LogP contribution in [0.4, 0.5) is 0 Å². The number of aromatic nitrogens is 2. The lowest BCUT2D eigenvalue weighted by Crippen LogP contribution is -2.26. The summed E-state index contributed by atoms with van der Waals surface area (Å²) in [6.45, 7) is 4.38. The van der Waals surface area contributed by atoms with Crippen molar-refractivity contribution in [2.45, 2.75) is 38.8 Å². The van der Waals surface area contributed by atoms with Gasteiger partial charge in [0.1, 0.15) is 5.82 Å². The topological polar surface area (TPSA) is 40.7 Å². The Morgan fingerprint density at radius 1 is 1.16 bits per heavy atom. The highest BCUT2D eigenvalue weighted by molar-refractivity contribution is 9.10. The number of rotatable bonds is 6. The molecule has 1 aromatic heterocycles. The molecule has 1 aromatic carbocycles. The van der Waals surface area contributed by atoms with Gasteiger partial charge in [0.15, 0.2) is 0 Å². The van der Waals surface area contributed by atoms with Crippen LogP contribution in [0.25, 0.3) is 0 Å². The Hall–Kier alpha value is -1.13. The van der Waals surface area contributed by atoms with E-state index in [4.69, 9.17) is 0 Å². The second-order valence-electron chi connectivity index (χ2n) is 4.61. The van der Waals surface area contributed by atoms with Gasteiger partial charge in [-0.15, -0.1) is 0 Å². The third-order valence-electron chi connectivity index (χ3n) is 3.34. The molecule has 0 amide bonds. The number of hydrogen-bond acceptors (Lipinski definition) is 2. The molecule has 0 saturated heterocycles. The average molecular weight is 322 g/mol. The molecule has 2 aromatic rings. The molecule has 102 valence electrons. The normalized spacial score (nSPS) is 14.3. The Morgan fingerprint density at radius 2 is 1.84 bits per heavy atom. The largest absolute Gasteiger partial charge is 0.347 e. The van der Waals surface area contributed by atoms with Gasteiger partial charge in [0.05, 0.1) is 6.04 Å². The van der Waals surface area contributed by atoms with Gasteiger partial charge in [0.2, 0.25) is 0 Å². The lowest BCUT2D eigenvalue weighted by atomic mass is 10.0. The molecule has 0 aliphatic heterocycles. The molecule has 4 heteroatoms. The minimum Gasteiger partial charge on any atom is -0.347 e. The quantitative estimate of drug-likeness (QED) is 0.829. The van der Waals surface area contributed by atoms with Gasteiger partial charge in [-0.25, -0.2) is 4.98 Å². The maximum Gasteiger partial charge on any atom is 0.123 e. The monoisotopic (exact) mass is 321 g/mol. The van der Waals surface area contributed by atoms with Gasteiger partial charge in [0, 0.05) is 22.9 Å². The highest BCUT2D eigenvalue weighted by atomic mass is 79.9. The van der Waals surface area contributed by atoms with Gasteiger partial charge in [-0.3, -0.25) is 0 Å². The third kappa shape index (κ3) is 3.67. The van der Waals surface area contributed by atoms with Crippen LogP contribution in [0.15, 0.2) is 41.1 Å². The molecular weight excluding hydrogens is 302 g/mol. The zero-order valence-corrected chi connectivity index (χ0v) is 12.9. The van der Waals surface area contributed by atoms with Crippen LogP contribution in [0.3, 0.4) is 0 Å². The first-order chi connectivity index (χ1) is 9.24. The van der Waals surface area contributed by atoms with Crippen molar-refractivity contribution in [2.24, 2.45) is 0 Å². The number of H-pyrrole nitrogens is 1. The van der Waals surface area contributed by atoms with Crippen molar-refractivity contribution in [3.63, 3.8) is 0 Å². The molecule has 0 saturated carbocycles. The molecule has 0 spiro atoms. The molecular formula is C15H20BrN3. The Morgan fingerprint density at radius 3 is 2.37 bits per heavy atom. The van der Waals surface area contributed by atoms with E-state index in [2.05, 4.69) is 69.3 Å². The van der Waals surface area contributed by atoms with Crippen molar-refractivity contribution >= 4 is 15.9 Å². The maximum atomic E-state index is 4.36. The van der Waals surface area contributed by atoms with Gasteiger partial charge in [0.25, 0.3) is 0 Å². The number of nitrogens with zero attached hydrogens (tertiary/aromatic N) is 1. The van der Waals surface area contributed by atoms with Crippen molar-refractivity contribution in [2.75, 3.05) is 0 Å². The van der Waals surface area contributed by atoms with E-state index in [1.165, 1.54) is 5.56 Å². The summed E-state index contributed by atoms with van der Waals surface area (Å²) in [4.78, 5) is 7.55. The van der Waals surface area contributed by atoms with E-state index in [9.17, 15) is 0 Å². The van der Waals surface area contributed by atoms with Crippen molar-refractivity contribution in [3.8, 4) is 0 Å². The zero-order valence-electron chi connectivity index (χ0n) is 11.4. The highest BCUT2D eigenvalue weighted by Gasteiger charge is 2.17. The van der Waals surface area contributed by atoms with Crippen molar-refractivity contribution in [1.82, 2.24) is 15.3 Å². The molecule has 0 aliphatic carbocycles. The van der Waals surface area contributed by atoms with Gasteiger partial charge >= 0.3 is 0 Å². The van der Waals surface area contributed by atoms with Crippen molar-refractivity contribution in [3.05, 3.63) is 52.5 Å². The molecule has 1 heterocycles. The Labute approximate surface area is 123 Å². The first-order valence-electron chi connectivity index (χ1n) is 6.75. The standard InChI is InChI=1S/C15H20BrN3/c1-3-13(11-5-7-12(16)8-6-11)19-14(4-2)15-17-9-10-18-15/h5-10,13-14,19H,3-4H2,1-2H3,(H,17,18). The molecule has 2 unspecified atom stereocenters. The Balaban J connectivity index is 2.11. The number of imidazole rings is 1. The molecule has 19 heavy (non-hydrogen) atoms. The van der Waals surface area contributed by atoms with Crippen LogP contribution in [-0.2, 0) is 0 Å². The number of halogens is 1. The molecule has 2 rings (SSSR count). The molecule has 0 radical (unpaired) electrons. The Kier molecular flexibility index (Phi) is 5.16. The summed E-state index contributed by atoms with van der Waals surface area (Å²) >= 11 is 3.48.